The van der Waals surface area contributed by atoms with Crippen LogP contribution in [0.4, 0.5) is 0 Å². The monoisotopic (exact) mass is 382 g/mol. The summed E-state index contributed by atoms with van der Waals surface area (Å²) in [5.74, 6) is -0.340. The van der Waals surface area contributed by atoms with Crippen molar-refractivity contribution >= 4 is 29.7 Å². The Morgan fingerprint density at radius 3 is 2.63 bits per heavy atom. The molecule has 0 spiro atoms. The number of nitrogens with one attached hydrogen (secondary N) is 1. The molecule has 1 amide bonds. The van der Waals surface area contributed by atoms with Crippen molar-refractivity contribution in [2.75, 3.05) is 0 Å². The van der Waals surface area contributed by atoms with Gasteiger partial charge in [0.05, 0.1) is 18.2 Å². The van der Waals surface area contributed by atoms with Crippen molar-refractivity contribution in [3.8, 4) is 11.3 Å². The minimum atomic E-state index is -1.01. The van der Waals surface area contributed by atoms with Crippen molar-refractivity contribution in [3.63, 3.8) is 0 Å². The molecule has 0 radical (unpaired) electrons. The number of aromatic carboxylic acids is 1. The number of halogens is 1. The molecule has 0 fully saturated rings. The number of hydrogen-bond donors (Lipinski definition) is 2. The van der Waals surface area contributed by atoms with Crippen LogP contribution in [0.3, 0.4) is 0 Å². The minimum absolute atomic E-state index is 0.175. The normalized spacial score (nSPS) is 10.9. The SMILES string of the molecule is O=C(Cc1ccc(Cl)cc1)N/N=C\c1ccc(-c2cccc(C(=O)O)c2)o1. The second-order valence-electron chi connectivity index (χ2n) is 5.68. The number of carboxylic acid groups (broad SMARTS) is 1. The molecule has 7 heteroatoms. The Balaban J connectivity index is 1.60. The molecular weight excluding hydrogens is 368 g/mol. The van der Waals surface area contributed by atoms with Gasteiger partial charge in [0.2, 0.25) is 5.91 Å². The molecule has 0 aliphatic carbocycles. The van der Waals surface area contributed by atoms with Crippen LogP contribution in [0.1, 0.15) is 21.7 Å². The van der Waals surface area contributed by atoms with E-state index in [9.17, 15) is 9.59 Å². The van der Waals surface area contributed by atoms with Crippen molar-refractivity contribution < 1.29 is 19.1 Å². The smallest absolute Gasteiger partial charge is 0.335 e. The molecule has 3 rings (SSSR count). The summed E-state index contributed by atoms with van der Waals surface area (Å²) >= 11 is 5.81. The minimum Gasteiger partial charge on any atom is -0.478 e. The standard InChI is InChI=1S/C20H15ClN2O4/c21-16-6-4-13(5-7-16)10-19(24)23-22-12-17-8-9-18(27-17)14-2-1-3-15(11-14)20(25)26/h1-9,11-12H,10H2,(H,23,24)(H,25,26)/b22-12-. The van der Waals surface area contributed by atoms with Gasteiger partial charge in [-0.15, -0.1) is 0 Å². The Morgan fingerprint density at radius 2 is 1.89 bits per heavy atom. The van der Waals surface area contributed by atoms with Gasteiger partial charge in [-0.3, -0.25) is 4.79 Å². The number of carbonyl (C=O) groups excluding carboxylic acids is 1. The molecule has 2 N–H and O–H groups in total. The molecule has 136 valence electrons. The fraction of sp³-hybridized carbons (Fsp3) is 0.0500. The van der Waals surface area contributed by atoms with Crippen LogP contribution in [-0.4, -0.2) is 23.2 Å². The van der Waals surface area contributed by atoms with Crippen LogP contribution in [0, 0.1) is 0 Å². The molecule has 0 bridgehead atoms. The maximum atomic E-state index is 11.9. The average molecular weight is 383 g/mol. The molecule has 0 saturated carbocycles. The van der Waals surface area contributed by atoms with Gasteiger partial charge in [-0.25, -0.2) is 10.2 Å². The van der Waals surface area contributed by atoms with E-state index in [2.05, 4.69) is 10.5 Å². The molecule has 3 aromatic rings. The van der Waals surface area contributed by atoms with E-state index in [1.807, 2.05) is 0 Å². The summed E-state index contributed by atoms with van der Waals surface area (Å²) in [6.07, 6.45) is 1.56. The molecule has 1 aromatic heterocycles. The van der Waals surface area contributed by atoms with Crippen molar-refractivity contribution in [1.82, 2.24) is 5.43 Å². The number of amides is 1. The van der Waals surface area contributed by atoms with Crippen LogP contribution in [0.25, 0.3) is 11.3 Å². The zero-order valence-electron chi connectivity index (χ0n) is 14.1. The second kappa shape index (κ2) is 8.33. The summed E-state index contributed by atoms with van der Waals surface area (Å²) in [6, 6.07) is 16.8. The number of hydrazone groups is 1. The average Bonchev–Trinajstić information content (AvgIpc) is 3.13. The predicted octanol–water partition coefficient (Wildman–Crippen LogP) is 3.99. The van der Waals surface area contributed by atoms with Gasteiger partial charge in [-0.2, -0.15) is 5.10 Å². The number of rotatable bonds is 6. The van der Waals surface area contributed by atoms with Crippen LogP contribution in [0.2, 0.25) is 5.02 Å². The van der Waals surface area contributed by atoms with E-state index in [1.54, 1.807) is 48.5 Å². The zero-order chi connectivity index (χ0) is 19.2. The Morgan fingerprint density at radius 1 is 1.11 bits per heavy atom. The van der Waals surface area contributed by atoms with E-state index in [0.717, 1.165) is 5.56 Å². The first-order chi connectivity index (χ1) is 13.0. The largest absolute Gasteiger partial charge is 0.478 e. The highest BCUT2D eigenvalue weighted by molar-refractivity contribution is 6.30. The van der Waals surface area contributed by atoms with Crippen LogP contribution < -0.4 is 5.43 Å². The van der Waals surface area contributed by atoms with E-state index in [4.69, 9.17) is 21.1 Å². The molecule has 0 unspecified atom stereocenters. The molecule has 0 aliphatic heterocycles. The number of hydrogen-bond acceptors (Lipinski definition) is 4. The highest BCUT2D eigenvalue weighted by atomic mass is 35.5. The topological polar surface area (TPSA) is 91.9 Å². The third kappa shape index (κ3) is 5.05. The fourth-order valence-corrected chi connectivity index (χ4v) is 2.50. The zero-order valence-corrected chi connectivity index (χ0v) is 14.8. The number of nitrogens with zero attached hydrogens (tertiary/aromatic N) is 1. The molecule has 0 saturated heterocycles. The van der Waals surface area contributed by atoms with E-state index >= 15 is 0 Å². The van der Waals surface area contributed by atoms with Gasteiger partial charge >= 0.3 is 5.97 Å². The lowest BCUT2D eigenvalue weighted by atomic mass is 10.1. The number of benzene rings is 2. The molecule has 1 heterocycles. The lowest BCUT2D eigenvalue weighted by Crippen LogP contribution is -2.19. The maximum absolute atomic E-state index is 11.9. The van der Waals surface area contributed by atoms with Gasteiger partial charge in [0, 0.05) is 10.6 Å². The second-order valence-corrected chi connectivity index (χ2v) is 6.12. The predicted molar refractivity (Wildman–Crippen MR) is 102 cm³/mol. The van der Waals surface area contributed by atoms with E-state index < -0.39 is 5.97 Å². The van der Waals surface area contributed by atoms with Gasteiger partial charge < -0.3 is 9.52 Å². The van der Waals surface area contributed by atoms with Crippen LogP contribution >= 0.6 is 11.6 Å². The van der Waals surface area contributed by atoms with Gasteiger partial charge in [-0.05, 0) is 42.0 Å². The Labute approximate surface area is 160 Å². The summed E-state index contributed by atoms with van der Waals surface area (Å²) in [6.45, 7) is 0. The van der Waals surface area contributed by atoms with Crippen LogP contribution in [0.5, 0.6) is 0 Å². The number of furan rings is 1. The summed E-state index contributed by atoms with van der Waals surface area (Å²) < 4.78 is 5.61. The first-order valence-corrected chi connectivity index (χ1v) is 8.39. The summed E-state index contributed by atoms with van der Waals surface area (Å²) in [4.78, 5) is 22.9. The third-order valence-corrected chi connectivity index (χ3v) is 3.93. The van der Waals surface area contributed by atoms with Crippen molar-refractivity contribution in [3.05, 3.63) is 82.6 Å². The molecular formula is C20H15ClN2O4. The summed E-state index contributed by atoms with van der Waals surface area (Å²) in [7, 11) is 0. The fourth-order valence-electron chi connectivity index (χ4n) is 2.38. The Kier molecular flexibility index (Phi) is 5.68. The molecule has 2 aromatic carbocycles. The van der Waals surface area contributed by atoms with E-state index in [0.29, 0.717) is 22.1 Å². The maximum Gasteiger partial charge on any atom is 0.335 e. The molecule has 6 nitrogen and oxygen atoms in total. The number of carboxylic acids is 1. The highest BCUT2D eigenvalue weighted by Crippen LogP contribution is 2.22. The molecule has 27 heavy (non-hydrogen) atoms. The highest BCUT2D eigenvalue weighted by Gasteiger charge is 2.08. The lowest BCUT2D eigenvalue weighted by Gasteiger charge is -2.00. The Hall–Kier alpha value is -3.38. The van der Waals surface area contributed by atoms with Crippen molar-refractivity contribution in [2.45, 2.75) is 6.42 Å². The van der Waals surface area contributed by atoms with Gasteiger partial charge in [0.1, 0.15) is 11.5 Å². The van der Waals surface area contributed by atoms with Gasteiger partial charge in [-0.1, -0.05) is 35.9 Å². The van der Waals surface area contributed by atoms with Crippen LogP contribution in [-0.2, 0) is 11.2 Å². The third-order valence-electron chi connectivity index (χ3n) is 3.68. The van der Waals surface area contributed by atoms with Crippen LogP contribution in [0.15, 0.2) is 70.2 Å². The summed E-state index contributed by atoms with van der Waals surface area (Å²) in [5.41, 5.74) is 4.07. The quantitative estimate of drug-likeness (QED) is 0.498. The Bertz CT molecular complexity index is 993. The molecule has 0 atom stereocenters. The van der Waals surface area contributed by atoms with E-state index in [-0.39, 0.29) is 17.9 Å². The lowest BCUT2D eigenvalue weighted by molar-refractivity contribution is -0.120. The molecule has 0 aliphatic rings. The summed E-state index contributed by atoms with van der Waals surface area (Å²) in [5, 5.41) is 13.5. The van der Waals surface area contributed by atoms with Gasteiger partial charge in [0.25, 0.3) is 0 Å². The first kappa shape index (κ1) is 18.4. The van der Waals surface area contributed by atoms with E-state index in [1.165, 1.54) is 18.3 Å². The first-order valence-electron chi connectivity index (χ1n) is 8.01. The van der Waals surface area contributed by atoms with Crippen molar-refractivity contribution in [2.24, 2.45) is 5.10 Å². The number of carbonyl (C=O) groups is 2. The van der Waals surface area contributed by atoms with Gasteiger partial charge in [0.15, 0.2) is 0 Å². The van der Waals surface area contributed by atoms with Crippen molar-refractivity contribution in [1.29, 1.82) is 0 Å².